The Hall–Kier alpha value is -1.40. The van der Waals surface area contributed by atoms with Gasteiger partial charge in [0, 0.05) is 12.7 Å². The summed E-state index contributed by atoms with van der Waals surface area (Å²) in [7, 11) is 0. The number of rotatable bonds is 5. The second-order valence-electron chi connectivity index (χ2n) is 3.59. The van der Waals surface area contributed by atoms with Gasteiger partial charge in [-0.05, 0) is 13.8 Å². The molecule has 3 N–H and O–H groups in total. The van der Waals surface area contributed by atoms with E-state index in [2.05, 4.69) is 10.4 Å². The predicted octanol–water partition coefficient (Wildman–Crippen LogP) is -0.626. The summed E-state index contributed by atoms with van der Waals surface area (Å²) in [6.07, 6.45) is 2.27. The van der Waals surface area contributed by atoms with E-state index in [-0.39, 0.29) is 12.5 Å². The summed E-state index contributed by atoms with van der Waals surface area (Å²) in [6.45, 7) is 3.82. The van der Waals surface area contributed by atoms with Gasteiger partial charge >= 0.3 is 0 Å². The van der Waals surface area contributed by atoms with Gasteiger partial charge in [0.2, 0.25) is 0 Å². The normalized spacial score (nSPS) is 14.5. The molecule has 0 aliphatic heterocycles. The highest BCUT2D eigenvalue weighted by atomic mass is 16.3. The molecule has 0 saturated carbocycles. The summed E-state index contributed by atoms with van der Waals surface area (Å²) in [5, 5.41) is 24.7. The van der Waals surface area contributed by atoms with Crippen molar-refractivity contribution >= 4 is 5.91 Å². The van der Waals surface area contributed by atoms with Crippen LogP contribution in [-0.4, -0.2) is 44.7 Å². The standard InChI is InChI=1S/C10H17N3O3/c1-3-13-5-8(4-11-13)10(16)12-9(6-14)7(2)15/h4-5,7,9,14-15H,3,6H2,1-2H3,(H,12,16)/t7-,9-/m1/s1. The maximum atomic E-state index is 11.7. The van der Waals surface area contributed by atoms with Gasteiger partial charge in [-0.1, -0.05) is 0 Å². The van der Waals surface area contributed by atoms with Crippen LogP contribution in [0.3, 0.4) is 0 Å². The number of hydrogen-bond donors (Lipinski definition) is 3. The van der Waals surface area contributed by atoms with Crippen molar-refractivity contribution in [3.8, 4) is 0 Å². The van der Waals surface area contributed by atoms with Crippen LogP contribution in [0.15, 0.2) is 12.4 Å². The molecule has 0 spiro atoms. The molecule has 0 saturated heterocycles. The molecule has 16 heavy (non-hydrogen) atoms. The first-order valence-corrected chi connectivity index (χ1v) is 5.20. The van der Waals surface area contributed by atoms with Gasteiger partial charge < -0.3 is 15.5 Å². The molecule has 90 valence electrons. The van der Waals surface area contributed by atoms with Gasteiger partial charge in [0.05, 0.1) is 30.5 Å². The molecular formula is C10H17N3O3. The molecule has 1 aromatic heterocycles. The molecule has 2 atom stereocenters. The van der Waals surface area contributed by atoms with Gasteiger partial charge in [-0.3, -0.25) is 9.48 Å². The number of nitrogens with one attached hydrogen (secondary N) is 1. The summed E-state index contributed by atoms with van der Waals surface area (Å²) in [6, 6.07) is -0.655. The molecule has 0 aromatic carbocycles. The number of hydrogen-bond acceptors (Lipinski definition) is 4. The third kappa shape index (κ3) is 3.04. The van der Waals surface area contributed by atoms with Crippen LogP contribution < -0.4 is 5.32 Å². The van der Waals surface area contributed by atoms with Crippen molar-refractivity contribution in [2.75, 3.05) is 6.61 Å². The van der Waals surface area contributed by atoms with Crippen molar-refractivity contribution in [2.45, 2.75) is 32.5 Å². The van der Waals surface area contributed by atoms with Crippen LogP contribution in [0, 0.1) is 0 Å². The molecule has 0 fully saturated rings. The monoisotopic (exact) mass is 227 g/mol. The zero-order valence-corrected chi connectivity index (χ0v) is 9.42. The minimum absolute atomic E-state index is 0.300. The highest BCUT2D eigenvalue weighted by Crippen LogP contribution is 2.00. The molecule has 6 heteroatoms. The quantitative estimate of drug-likeness (QED) is 0.625. The second kappa shape index (κ2) is 5.62. The van der Waals surface area contributed by atoms with E-state index in [1.165, 1.54) is 13.1 Å². The minimum Gasteiger partial charge on any atom is -0.394 e. The van der Waals surface area contributed by atoms with E-state index in [0.717, 1.165) is 0 Å². The van der Waals surface area contributed by atoms with Crippen molar-refractivity contribution in [1.29, 1.82) is 0 Å². The smallest absolute Gasteiger partial charge is 0.254 e. The van der Waals surface area contributed by atoms with Crippen LogP contribution >= 0.6 is 0 Å². The van der Waals surface area contributed by atoms with Crippen LogP contribution in [0.5, 0.6) is 0 Å². The number of carbonyl (C=O) groups is 1. The summed E-state index contributed by atoms with van der Waals surface area (Å²) in [4.78, 5) is 11.7. The Morgan fingerprint density at radius 1 is 1.69 bits per heavy atom. The van der Waals surface area contributed by atoms with Crippen molar-refractivity contribution in [3.63, 3.8) is 0 Å². The summed E-state index contributed by atoms with van der Waals surface area (Å²) >= 11 is 0. The van der Waals surface area contributed by atoms with Gasteiger partial charge in [-0.15, -0.1) is 0 Å². The number of amides is 1. The Balaban J connectivity index is 2.64. The Morgan fingerprint density at radius 3 is 2.81 bits per heavy atom. The summed E-state index contributed by atoms with van der Waals surface area (Å²) < 4.78 is 1.63. The Bertz CT molecular complexity index is 349. The molecular weight excluding hydrogens is 210 g/mol. The zero-order valence-electron chi connectivity index (χ0n) is 9.42. The second-order valence-corrected chi connectivity index (χ2v) is 3.59. The lowest BCUT2D eigenvalue weighted by molar-refractivity contribution is 0.0758. The van der Waals surface area contributed by atoms with E-state index in [9.17, 15) is 9.90 Å². The van der Waals surface area contributed by atoms with Crippen LogP contribution in [0.4, 0.5) is 0 Å². The largest absolute Gasteiger partial charge is 0.394 e. The fourth-order valence-corrected chi connectivity index (χ4v) is 1.22. The Morgan fingerprint density at radius 2 is 2.38 bits per heavy atom. The molecule has 1 heterocycles. The van der Waals surface area contributed by atoms with E-state index in [1.807, 2.05) is 6.92 Å². The predicted molar refractivity (Wildman–Crippen MR) is 57.9 cm³/mol. The van der Waals surface area contributed by atoms with E-state index in [0.29, 0.717) is 12.1 Å². The SMILES string of the molecule is CCn1cc(C(=O)N[C@H](CO)[C@@H](C)O)cn1. The first kappa shape index (κ1) is 12.7. The molecule has 0 aliphatic carbocycles. The van der Waals surface area contributed by atoms with Crippen molar-refractivity contribution < 1.29 is 15.0 Å². The van der Waals surface area contributed by atoms with E-state index in [1.54, 1.807) is 10.9 Å². The number of aryl methyl sites for hydroxylation is 1. The van der Waals surface area contributed by atoms with Gasteiger partial charge in [0.1, 0.15) is 0 Å². The van der Waals surface area contributed by atoms with E-state index < -0.39 is 12.1 Å². The number of nitrogens with zero attached hydrogens (tertiary/aromatic N) is 2. The van der Waals surface area contributed by atoms with Crippen LogP contribution in [0.1, 0.15) is 24.2 Å². The number of aromatic nitrogens is 2. The van der Waals surface area contributed by atoms with Crippen molar-refractivity contribution in [2.24, 2.45) is 0 Å². The van der Waals surface area contributed by atoms with Gasteiger partial charge in [-0.25, -0.2) is 0 Å². The van der Waals surface area contributed by atoms with Crippen LogP contribution in [-0.2, 0) is 6.54 Å². The first-order valence-electron chi connectivity index (χ1n) is 5.20. The minimum atomic E-state index is -0.796. The third-order valence-corrected chi connectivity index (χ3v) is 2.31. The molecule has 0 bridgehead atoms. The fourth-order valence-electron chi connectivity index (χ4n) is 1.22. The molecule has 1 amide bonds. The maximum absolute atomic E-state index is 11.7. The number of carbonyl (C=O) groups excluding carboxylic acids is 1. The van der Waals surface area contributed by atoms with Crippen LogP contribution in [0.25, 0.3) is 0 Å². The summed E-state index contributed by atoms with van der Waals surface area (Å²) in [5.41, 5.74) is 0.418. The highest BCUT2D eigenvalue weighted by Gasteiger charge is 2.18. The van der Waals surface area contributed by atoms with Gasteiger partial charge in [0.15, 0.2) is 0 Å². The molecule has 1 rings (SSSR count). The fraction of sp³-hybridized carbons (Fsp3) is 0.600. The van der Waals surface area contributed by atoms with Crippen molar-refractivity contribution in [1.82, 2.24) is 15.1 Å². The lowest BCUT2D eigenvalue weighted by Gasteiger charge is -2.18. The van der Waals surface area contributed by atoms with E-state index in [4.69, 9.17) is 5.11 Å². The lowest BCUT2D eigenvalue weighted by atomic mass is 10.2. The number of aliphatic hydroxyl groups is 2. The Labute approximate surface area is 93.9 Å². The number of aliphatic hydroxyl groups excluding tert-OH is 2. The molecule has 0 unspecified atom stereocenters. The summed E-state index contributed by atoms with van der Waals surface area (Å²) in [5.74, 6) is -0.348. The lowest BCUT2D eigenvalue weighted by Crippen LogP contribution is -2.44. The molecule has 0 aliphatic rings. The van der Waals surface area contributed by atoms with Crippen LogP contribution in [0.2, 0.25) is 0 Å². The third-order valence-electron chi connectivity index (χ3n) is 2.31. The van der Waals surface area contributed by atoms with E-state index >= 15 is 0 Å². The van der Waals surface area contributed by atoms with Crippen molar-refractivity contribution in [3.05, 3.63) is 18.0 Å². The zero-order chi connectivity index (χ0) is 12.1. The molecule has 6 nitrogen and oxygen atoms in total. The topological polar surface area (TPSA) is 87.4 Å². The molecule has 1 aromatic rings. The first-order chi connectivity index (χ1) is 7.58. The van der Waals surface area contributed by atoms with Gasteiger partial charge in [-0.2, -0.15) is 5.10 Å². The van der Waals surface area contributed by atoms with Gasteiger partial charge in [0.25, 0.3) is 5.91 Å². The Kier molecular flexibility index (Phi) is 4.45. The average Bonchev–Trinajstić information content (AvgIpc) is 2.73. The maximum Gasteiger partial charge on any atom is 0.254 e. The molecule has 0 radical (unpaired) electrons. The average molecular weight is 227 g/mol. The highest BCUT2D eigenvalue weighted by molar-refractivity contribution is 5.93.